The number of benzene rings is 2. The van der Waals surface area contributed by atoms with E-state index >= 15 is 0 Å². The minimum Gasteiger partial charge on any atom is -0.480 e. The largest absolute Gasteiger partial charge is 0.480 e. The van der Waals surface area contributed by atoms with E-state index in [1.54, 1.807) is 36.4 Å². The van der Waals surface area contributed by atoms with Gasteiger partial charge in [0.2, 0.25) is 17.7 Å². The van der Waals surface area contributed by atoms with Gasteiger partial charge in [-0.25, -0.2) is 9.78 Å². The van der Waals surface area contributed by atoms with E-state index in [1.165, 1.54) is 17.6 Å². The summed E-state index contributed by atoms with van der Waals surface area (Å²) >= 11 is 0. The van der Waals surface area contributed by atoms with Crippen LogP contribution in [0.1, 0.15) is 78.5 Å². The van der Waals surface area contributed by atoms with E-state index in [-0.39, 0.29) is 38.1 Å². The molecule has 1 aromatic heterocycles. The summed E-state index contributed by atoms with van der Waals surface area (Å²) in [6, 6.07) is 9.75. The van der Waals surface area contributed by atoms with Crippen LogP contribution in [0.25, 0.3) is 11.4 Å². The van der Waals surface area contributed by atoms with Gasteiger partial charge in [0.05, 0.1) is 5.56 Å². The fraction of sp³-hybridized carbons (Fsp3) is 0.459. The number of rotatable bonds is 7. The number of hydrogen-bond donors (Lipinski definition) is 6. The molecule has 0 saturated carbocycles. The Hall–Kier alpha value is -5.80. The van der Waals surface area contributed by atoms with E-state index in [0.717, 1.165) is 31.6 Å². The molecular formula is C37H45N9O7. The van der Waals surface area contributed by atoms with Gasteiger partial charge < -0.3 is 36.2 Å². The number of carboxylic acid groups (broad SMARTS) is 1. The number of piperidine rings is 1. The number of H-pyrrole nitrogens is 1. The lowest BCUT2D eigenvalue weighted by molar-refractivity contribution is -0.144. The highest BCUT2D eigenvalue weighted by atomic mass is 16.4. The van der Waals surface area contributed by atoms with E-state index in [0.29, 0.717) is 41.9 Å². The third kappa shape index (κ3) is 9.17. The molecule has 4 atom stereocenters. The van der Waals surface area contributed by atoms with E-state index < -0.39 is 53.8 Å². The van der Waals surface area contributed by atoms with Gasteiger partial charge in [-0.3, -0.25) is 29.1 Å². The number of aromatic nitrogens is 3. The van der Waals surface area contributed by atoms with Gasteiger partial charge >= 0.3 is 5.97 Å². The number of aliphatic carboxylic acids is 1. The third-order valence-corrected chi connectivity index (χ3v) is 10.0. The maximum Gasteiger partial charge on any atom is 0.326 e. The average molecular weight is 728 g/mol. The molecule has 3 aromatic rings. The lowest BCUT2D eigenvalue weighted by Crippen LogP contribution is -2.55. The molecule has 6 N–H and O–H groups in total. The first-order valence-electron chi connectivity index (χ1n) is 18.2. The van der Waals surface area contributed by atoms with Crippen molar-refractivity contribution in [3.05, 3.63) is 66.0 Å². The zero-order chi connectivity index (χ0) is 37.3. The summed E-state index contributed by atoms with van der Waals surface area (Å²) in [5.74, 6) is -3.49. The van der Waals surface area contributed by atoms with Crippen molar-refractivity contribution >= 4 is 41.2 Å². The summed E-state index contributed by atoms with van der Waals surface area (Å²) in [7, 11) is 0. The van der Waals surface area contributed by atoms with Crippen LogP contribution in [-0.4, -0.2) is 111 Å². The summed E-state index contributed by atoms with van der Waals surface area (Å²) in [6.45, 7) is 2.14. The number of carbonyl (C=O) groups excluding carboxylic acids is 5. The molecule has 0 radical (unpaired) electrons. The summed E-state index contributed by atoms with van der Waals surface area (Å²) in [5.41, 5.74) is 2.20. The number of carboxylic acids is 1. The summed E-state index contributed by atoms with van der Waals surface area (Å²) in [6.07, 6.45) is 5.65. The first-order chi connectivity index (χ1) is 25.7. The first-order valence-corrected chi connectivity index (χ1v) is 18.2. The number of aromatic amines is 1. The van der Waals surface area contributed by atoms with Crippen molar-refractivity contribution in [2.24, 2.45) is 0 Å². The Balaban J connectivity index is 1.24. The molecular weight excluding hydrogens is 682 g/mol. The molecule has 3 aliphatic heterocycles. The number of hydrogen-bond acceptors (Lipinski definition) is 9. The highest BCUT2D eigenvalue weighted by molar-refractivity contribution is 6.01. The third-order valence-electron chi connectivity index (χ3n) is 10.0. The Kier molecular flexibility index (Phi) is 12.0. The van der Waals surface area contributed by atoms with Gasteiger partial charge in [0.15, 0.2) is 5.82 Å². The van der Waals surface area contributed by atoms with Crippen LogP contribution in [0.4, 0.5) is 5.69 Å². The maximum atomic E-state index is 14.4. The minimum atomic E-state index is -1.39. The predicted octanol–water partition coefficient (Wildman–Crippen LogP) is 1.61. The Morgan fingerprint density at radius 3 is 2.38 bits per heavy atom. The lowest BCUT2D eigenvalue weighted by atomic mass is 10.0. The highest BCUT2D eigenvalue weighted by Crippen LogP contribution is 2.25. The number of anilines is 1. The van der Waals surface area contributed by atoms with Crippen molar-refractivity contribution < 1.29 is 33.9 Å². The van der Waals surface area contributed by atoms with Crippen molar-refractivity contribution in [2.45, 2.75) is 82.0 Å². The predicted molar refractivity (Wildman–Crippen MR) is 193 cm³/mol. The van der Waals surface area contributed by atoms with E-state index in [9.17, 15) is 33.9 Å². The molecule has 0 bridgehead atoms. The first kappa shape index (κ1) is 37.0. The second-order valence-electron chi connectivity index (χ2n) is 13.7. The maximum absolute atomic E-state index is 14.4. The van der Waals surface area contributed by atoms with Crippen molar-refractivity contribution in [3.8, 4) is 11.4 Å². The van der Waals surface area contributed by atoms with Gasteiger partial charge in [-0.15, -0.1) is 0 Å². The minimum absolute atomic E-state index is 0.0146. The molecule has 0 spiro atoms. The molecule has 16 nitrogen and oxygen atoms in total. The lowest BCUT2D eigenvalue weighted by Gasteiger charge is -2.30. The van der Waals surface area contributed by atoms with Crippen LogP contribution in [0.5, 0.6) is 0 Å². The van der Waals surface area contributed by atoms with Gasteiger partial charge in [0.1, 0.15) is 24.5 Å². The zero-order valence-corrected chi connectivity index (χ0v) is 29.4. The summed E-state index contributed by atoms with van der Waals surface area (Å²) in [5, 5.41) is 27.6. The standard InChI is InChI=1S/C37H45N9O7/c47-31-16-15-29(37(52)53)43-35(50)30-20-24(41-34(49)27-9-3-2-8-26(27)32-39-22-40-44-32)21-46(30)36(51)28(10-4-5-17-38-31)42-33(48)23-11-13-25(14-12-23)45-18-6-1-7-19-45/h2-3,8-9,11-14,22,24,28-30H,1,4-7,10,15-21H2,(H,38,47)(H,41,49)(H,42,48)(H,43,50)(H,52,53)(H,39,40,44)/t24-,28+,29+,30+/m1/s1. The van der Waals surface area contributed by atoms with Gasteiger partial charge in [-0.05, 0) is 81.7 Å². The molecule has 0 unspecified atom stereocenters. The topological polar surface area (TPSA) is 219 Å². The summed E-state index contributed by atoms with van der Waals surface area (Å²) in [4.78, 5) is 87.8. The second-order valence-corrected chi connectivity index (χ2v) is 13.7. The van der Waals surface area contributed by atoms with Crippen molar-refractivity contribution in [3.63, 3.8) is 0 Å². The molecule has 280 valence electrons. The van der Waals surface area contributed by atoms with Gasteiger partial charge in [0, 0.05) is 55.5 Å². The number of amides is 5. The quantitative estimate of drug-likeness (QED) is 0.207. The normalized spacial score (nSPS) is 23.1. The molecule has 3 aliphatic rings. The fourth-order valence-corrected chi connectivity index (χ4v) is 7.18. The van der Waals surface area contributed by atoms with Crippen molar-refractivity contribution in [1.29, 1.82) is 0 Å². The molecule has 0 aliphatic carbocycles. The Labute approximate surface area is 306 Å². The van der Waals surface area contributed by atoms with Crippen LogP contribution in [-0.2, 0) is 19.2 Å². The molecule has 16 heteroatoms. The Bertz CT molecular complexity index is 1790. The zero-order valence-electron chi connectivity index (χ0n) is 29.4. The van der Waals surface area contributed by atoms with Crippen LogP contribution in [0.2, 0.25) is 0 Å². The highest BCUT2D eigenvalue weighted by Gasteiger charge is 2.43. The summed E-state index contributed by atoms with van der Waals surface area (Å²) < 4.78 is 0. The van der Waals surface area contributed by atoms with Crippen LogP contribution in [0.3, 0.4) is 0 Å². The molecule has 5 amide bonds. The van der Waals surface area contributed by atoms with Crippen LogP contribution in [0.15, 0.2) is 54.9 Å². The van der Waals surface area contributed by atoms with E-state index in [2.05, 4.69) is 41.3 Å². The van der Waals surface area contributed by atoms with Crippen molar-refractivity contribution in [2.75, 3.05) is 31.1 Å². The van der Waals surface area contributed by atoms with Gasteiger partial charge in [-0.1, -0.05) is 18.2 Å². The molecule has 53 heavy (non-hydrogen) atoms. The van der Waals surface area contributed by atoms with E-state index in [4.69, 9.17) is 0 Å². The second kappa shape index (κ2) is 17.1. The SMILES string of the molecule is O=C1CC[C@@H](C(=O)O)NC(=O)[C@@H]2C[C@@H](NC(=O)c3ccccc3-c3ncn[nH]3)CN2C(=O)[C@@H](NC(=O)c2ccc(N3CCCCC3)cc2)CCCCN1. The molecule has 3 fully saturated rings. The van der Waals surface area contributed by atoms with Crippen LogP contribution >= 0.6 is 0 Å². The fourth-order valence-electron chi connectivity index (χ4n) is 7.18. The van der Waals surface area contributed by atoms with Crippen LogP contribution in [0, 0.1) is 0 Å². The Morgan fingerprint density at radius 1 is 0.868 bits per heavy atom. The van der Waals surface area contributed by atoms with Gasteiger partial charge in [-0.2, -0.15) is 5.10 Å². The van der Waals surface area contributed by atoms with Crippen LogP contribution < -0.4 is 26.2 Å². The molecule has 6 rings (SSSR count). The number of fused-ring (bicyclic) bond motifs is 1. The monoisotopic (exact) mass is 727 g/mol. The molecule has 2 aromatic carbocycles. The number of nitrogens with one attached hydrogen (secondary N) is 5. The van der Waals surface area contributed by atoms with Crippen molar-refractivity contribution in [1.82, 2.24) is 41.3 Å². The Morgan fingerprint density at radius 2 is 1.64 bits per heavy atom. The number of carbonyl (C=O) groups is 6. The van der Waals surface area contributed by atoms with Gasteiger partial charge in [0.25, 0.3) is 11.8 Å². The molecule has 4 heterocycles. The van der Waals surface area contributed by atoms with E-state index in [1.807, 2.05) is 12.1 Å². The molecule has 3 saturated heterocycles. The number of nitrogens with zero attached hydrogens (tertiary/aromatic N) is 4. The average Bonchev–Trinajstić information content (AvgIpc) is 3.86. The smallest absolute Gasteiger partial charge is 0.326 e.